The van der Waals surface area contributed by atoms with Crippen LogP contribution in [0.1, 0.15) is 55.5 Å². The number of hydrogen-bond donors (Lipinski definition) is 2. The Bertz CT molecular complexity index is 1510. The number of halogens is 3. The van der Waals surface area contributed by atoms with E-state index in [4.69, 9.17) is 27.9 Å². The highest BCUT2D eigenvalue weighted by molar-refractivity contribution is 7.69. The van der Waals surface area contributed by atoms with E-state index in [1.165, 1.54) is 10.4 Å². The van der Waals surface area contributed by atoms with Crippen LogP contribution in [0.15, 0.2) is 72.8 Å². The van der Waals surface area contributed by atoms with Crippen LogP contribution in [-0.4, -0.2) is 59.3 Å². The molecule has 1 amide bonds. The first kappa shape index (κ1) is 32.9. The summed E-state index contributed by atoms with van der Waals surface area (Å²) in [6.45, 7) is 3.41. The number of morpholine rings is 1. The molecule has 5 atom stereocenters. The van der Waals surface area contributed by atoms with Gasteiger partial charge in [0.05, 0.1) is 12.5 Å². The monoisotopic (exact) mass is 650 g/mol. The maximum absolute atomic E-state index is 14.4. The Labute approximate surface area is 262 Å². The number of amides is 1. The number of carbonyl (C=O) groups excluding carboxylic acids is 1. The highest BCUT2D eigenvalue weighted by Crippen LogP contribution is 2.44. The van der Waals surface area contributed by atoms with Crippen molar-refractivity contribution < 1.29 is 32.2 Å². The van der Waals surface area contributed by atoms with Crippen molar-refractivity contribution in [1.29, 1.82) is 0 Å². The van der Waals surface area contributed by atoms with Gasteiger partial charge in [-0.2, -0.15) is 4.31 Å². The summed E-state index contributed by atoms with van der Waals surface area (Å²) in [6.07, 6.45) is -2.29. The maximum atomic E-state index is 14.4. The molecule has 1 heterocycles. The first-order chi connectivity index (χ1) is 20.5. The highest BCUT2D eigenvalue weighted by atomic mass is 35.5. The van der Waals surface area contributed by atoms with Crippen molar-refractivity contribution in [3.05, 3.63) is 105 Å². The largest absolute Gasteiger partial charge is 0.481 e. The summed E-state index contributed by atoms with van der Waals surface area (Å²) in [5, 5.41) is 10.5. The second-order valence-electron chi connectivity index (χ2n) is 10.5. The maximum Gasteiger partial charge on any atom is 0.306 e. The van der Waals surface area contributed by atoms with Crippen LogP contribution in [0.3, 0.4) is 0 Å². The number of nitrogens with zero attached hydrogens (tertiary/aromatic N) is 2. The number of carboxylic acid groups (broad SMARTS) is 1. The van der Waals surface area contributed by atoms with Gasteiger partial charge in [0, 0.05) is 28.7 Å². The second kappa shape index (κ2) is 14.6. The smallest absolute Gasteiger partial charge is 0.306 e. The third kappa shape index (κ3) is 7.93. The number of thiol groups is 1. The van der Waals surface area contributed by atoms with Gasteiger partial charge in [-0.05, 0) is 66.8 Å². The van der Waals surface area contributed by atoms with Gasteiger partial charge >= 0.3 is 5.97 Å². The Balaban J connectivity index is 1.79. The van der Waals surface area contributed by atoms with E-state index in [0.29, 0.717) is 33.2 Å². The molecule has 4 rings (SSSR count). The van der Waals surface area contributed by atoms with E-state index in [-0.39, 0.29) is 13.0 Å². The fourth-order valence-corrected chi connectivity index (χ4v) is 6.57. The topological polar surface area (TPSA) is 104 Å². The average Bonchev–Trinajstić information content (AvgIpc) is 2.96. The minimum Gasteiger partial charge on any atom is -0.481 e. The van der Waals surface area contributed by atoms with Gasteiger partial charge in [-0.15, -0.1) is 0 Å². The van der Waals surface area contributed by atoms with Gasteiger partial charge in [0.2, 0.25) is 10.9 Å². The number of carbonyl (C=O) groups is 2. The van der Waals surface area contributed by atoms with Crippen LogP contribution in [0.25, 0.3) is 0 Å². The van der Waals surface area contributed by atoms with Crippen molar-refractivity contribution in [2.24, 2.45) is 0 Å². The molecule has 0 saturated carbocycles. The number of ether oxygens (including phenoxy) is 1. The number of carboxylic acids is 1. The van der Waals surface area contributed by atoms with Crippen LogP contribution in [0, 0.1) is 5.82 Å². The molecule has 8 nitrogen and oxygen atoms in total. The molecule has 0 aromatic heterocycles. The first-order valence-corrected chi connectivity index (χ1v) is 15.7. The quantitative estimate of drug-likeness (QED) is 0.238. The summed E-state index contributed by atoms with van der Waals surface area (Å²) in [6, 6.07) is 17.8. The molecule has 3 aromatic rings. The average molecular weight is 652 g/mol. The molecule has 3 aromatic carbocycles. The molecule has 1 N–H and O–H groups in total. The van der Waals surface area contributed by atoms with Crippen LogP contribution < -0.4 is 0 Å². The normalized spacial score (nSPS) is 20.4. The van der Waals surface area contributed by atoms with Gasteiger partial charge in [-0.1, -0.05) is 72.6 Å². The molecule has 1 fully saturated rings. The summed E-state index contributed by atoms with van der Waals surface area (Å²) in [5.41, 5.74) is 1.65. The Morgan fingerprint density at radius 1 is 1.05 bits per heavy atom. The Morgan fingerprint density at radius 3 is 2.35 bits per heavy atom. The summed E-state index contributed by atoms with van der Waals surface area (Å²) < 4.78 is 47.1. The minimum absolute atomic E-state index is 0.0945. The number of aliphatic carboxylic acids is 1. The molecular weight excluding hydrogens is 618 g/mol. The Hall–Kier alpha value is -3.02. The number of hydrogen-bond acceptors (Lipinski definition) is 5. The van der Waals surface area contributed by atoms with E-state index in [9.17, 15) is 27.5 Å². The zero-order chi connectivity index (χ0) is 31.3. The van der Waals surface area contributed by atoms with E-state index in [1.807, 2.05) is 6.92 Å². The summed E-state index contributed by atoms with van der Waals surface area (Å²) >= 11 is 12.5. The molecule has 1 aliphatic heterocycles. The fourth-order valence-electron chi connectivity index (χ4n) is 5.52. The van der Waals surface area contributed by atoms with E-state index < -0.39 is 65.3 Å². The third-order valence-electron chi connectivity index (χ3n) is 7.63. The lowest BCUT2D eigenvalue weighted by molar-refractivity contribution is -0.183. The molecular formula is C31H33Cl2FN2O6S. The Kier molecular flexibility index (Phi) is 11.2. The molecule has 0 bridgehead atoms. The standard InChI is InChI=1S/C31H33Cl2FN2O6S/c1-3-25(18-35(43(40)41)19(2)15-21-7-4-5-10-26(21)34)36-29(20-11-13-23(32)14-12-20)30(22-8-6-9-24(33)16-22)42-27(31(36)39)17-28(37)38/h4-14,16,19,25,27,29-30,43H,3,15,17-18H2,1-2H3,(H,37,38)/t19-,25?,27-,29+,30+/m0/s1. The van der Waals surface area contributed by atoms with Crippen molar-refractivity contribution >= 4 is 46.0 Å². The van der Waals surface area contributed by atoms with Gasteiger partial charge in [0.15, 0.2) is 0 Å². The summed E-state index contributed by atoms with van der Waals surface area (Å²) in [7, 11) is -3.13. The SMILES string of the molecule is CCC(CN([C@@H](C)Cc1ccccc1F)[SH](=O)=O)N1C(=O)[C@H](CC(=O)O)O[C@H](c2cccc(Cl)c2)[C@H]1c1ccc(Cl)cc1. The summed E-state index contributed by atoms with van der Waals surface area (Å²) in [4.78, 5) is 27.4. The zero-order valence-electron chi connectivity index (χ0n) is 23.6. The molecule has 0 aliphatic carbocycles. The summed E-state index contributed by atoms with van der Waals surface area (Å²) in [5.74, 6) is -2.23. The third-order valence-corrected chi connectivity index (χ3v) is 9.09. The fraction of sp³-hybridized carbons (Fsp3) is 0.355. The van der Waals surface area contributed by atoms with Crippen molar-refractivity contribution in [2.75, 3.05) is 6.54 Å². The van der Waals surface area contributed by atoms with E-state index >= 15 is 0 Å². The van der Waals surface area contributed by atoms with Gasteiger partial charge < -0.3 is 14.7 Å². The number of rotatable bonds is 12. The van der Waals surface area contributed by atoms with E-state index in [1.54, 1.807) is 78.6 Å². The van der Waals surface area contributed by atoms with Crippen LogP contribution in [0.2, 0.25) is 10.0 Å². The van der Waals surface area contributed by atoms with Crippen LogP contribution in [0.5, 0.6) is 0 Å². The van der Waals surface area contributed by atoms with Crippen LogP contribution in [-0.2, 0) is 31.6 Å². The lowest BCUT2D eigenvalue weighted by Gasteiger charge is -2.48. The molecule has 1 saturated heterocycles. The van der Waals surface area contributed by atoms with Crippen molar-refractivity contribution in [1.82, 2.24) is 9.21 Å². The molecule has 1 aliphatic rings. The molecule has 0 radical (unpaired) electrons. The van der Waals surface area contributed by atoms with Crippen LogP contribution >= 0.6 is 23.2 Å². The highest BCUT2D eigenvalue weighted by Gasteiger charge is 2.47. The molecule has 1 unspecified atom stereocenters. The predicted molar refractivity (Wildman–Crippen MR) is 163 cm³/mol. The molecule has 43 heavy (non-hydrogen) atoms. The first-order valence-electron chi connectivity index (χ1n) is 13.8. The zero-order valence-corrected chi connectivity index (χ0v) is 26.0. The van der Waals surface area contributed by atoms with Gasteiger partial charge in [0.25, 0.3) is 5.91 Å². The Morgan fingerprint density at radius 2 is 1.74 bits per heavy atom. The molecule has 12 heteroatoms. The van der Waals surface area contributed by atoms with Gasteiger partial charge in [-0.25, -0.2) is 12.8 Å². The molecule has 0 spiro atoms. The lowest BCUT2D eigenvalue weighted by atomic mass is 9.89. The van der Waals surface area contributed by atoms with Crippen molar-refractivity contribution in [3.8, 4) is 0 Å². The van der Waals surface area contributed by atoms with Gasteiger partial charge in [0.1, 0.15) is 18.0 Å². The van der Waals surface area contributed by atoms with Crippen molar-refractivity contribution in [2.45, 2.75) is 63.4 Å². The molecule has 230 valence electrons. The second-order valence-corrected chi connectivity index (χ2v) is 12.4. The lowest BCUT2D eigenvalue weighted by Crippen LogP contribution is -2.58. The van der Waals surface area contributed by atoms with Crippen molar-refractivity contribution in [3.63, 3.8) is 0 Å². The van der Waals surface area contributed by atoms with Crippen LogP contribution in [0.4, 0.5) is 4.39 Å². The van der Waals surface area contributed by atoms with E-state index in [2.05, 4.69) is 0 Å². The predicted octanol–water partition coefficient (Wildman–Crippen LogP) is 5.86. The van der Waals surface area contributed by atoms with E-state index in [0.717, 1.165) is 0 Å². The minimum atomic E-state index is -3.13. The van der Waals surface area contributed by atoms with Gasteiger partial charge in [-0.3, -0.25) is 9.59 Å². The number of benzene rings is 3.